The highest BCUT2D eigenvalue weighted by atomic mass is 19.1. The van der Waals surface area contributed by atoms with Gasteiger partial charge in [0.05, 0.1) is 5.92 Å². The number of carbonyl (C=O) groups is 4. The quantitative estimate of drug-likeness (QED) is 0.242. The molecule has 0 aliphatic carbocycles. The largest absolute Gasteiger partial charge is 0.458 e. The molecule has 14 heteroatoms. The number of esters is 3. The summed E-state index contributed by atoms with van der Waals surface area (Å²) in [4.78, 5) is 68.1. The summed E-state index contributed by atoms with van der Waals surface area (Å²) in [5.74, 6) is -5.69. The average Bonchev–Trinajstić information content (AvgIpc) is 3.09. The highest BCUT2D eigenvalue weighted by Gasteiger charge is 2.51. The van der Waals surface area contributed by atoms with Gasteiger partial charge in [0.2, 0.25) is 5.83 Å². The maximum atomic E-state index is 13.0. The van der Waals surface area contributed by atoms with Crippen molar-refractivity contribution in [3.05, 3.63) is 47.3 Å². The number of ether oxygens (including phenoxy) is 4. The van der Waals surface area contributed by atoms with Crippen molar-refractivity contribution in [3.8, 4) is 0 Å². The molecule has 0 spiro atoms. The van der Waals surface area contributed by atoms with Crippen molar-refractivity contribution in [1.82, 2.24) is 9.55 Å². The van der Waals surface area contributed by atoms with Crippen molar-refractivity contribution in [2.45, 2.75) is 38.4 Å². The van der Waals surface area contributed by atoms with Crippen molar-refractivity contribution in [2.75, 3.05) is 12.1 Å². The molecule has 13 nitrogen and oxygen atoms in total. The molecule has 2 aliphatic heterocycles. The predicted molar refractivity (Wildman–Crippen MR) is 107 cm³/mol. The molecule has 0 unspecified atom stereocenters. The Morgan fingerprint density at radius 3 is 2.44 bits per heavy atom. The lowest BCUT2D eigenvalue weighted by Gasteiger charge is -2.25. The lowest BCUT2D eigenvalue weighted by atomic mass is 10.1. The van der Waals surface area contributed by atoms with E-state index in [1.807, 2.05) is 0 Å². The summed E-state index contributed by atoms with van der Waals surface area (Å²) in [7, 11) is 0. The van der Waals surface area contributed by atoms with Crippen LogP contribution in [0.4, 0.5) is 10.2 Å². The molecule has 182 valence electrons. The van der Waals surface area contributed by atoms with E-state index >= 15 is 0 Å². The minimum absolute atomic E-state index is 0.0965. The molecule has 1 aromatic rings. The smallest absolute Gasteiger partial charge is 0.366 e. The molecule has 1 fully saturated rings. The maximum absolute atomic E-state index is 13.0. The zero-order chi connectivity index (χ0) is 25.0. The maximum Gasteiger partial charge on any atom is 0.366 e. The second-order valence-corrected chi connectivity index (χ2v) is 7.39. The van der Waals surface area contributed by atoms with Crippen LogP contribution >= 0.6 is 0 Å². The summed E-state index contributed by atoms with van der Waals surface area (Å²) >= 11 is 0. The molecule has 4 atom stereocenters. The molecule has 1 N–H and O–H groups in total. The van der Waals surface area contributed by atoms with Gasteiger partial charge >= 0.3 is 29.6 Å². The second-order valence-electron chi connectivity index (χ2n) is 7.39. The van der Waals surface area contributed by atoms with Gasteiger partial charge in [0.1, 0.15) is 12.7 Å². The minimum Gasteiger partial charge on any atom is -0.458 e. The highest BCUT2D eigenvalue weighted by Crippen LogP contribution is 2.34. The number of aromatic nitrogens is 2. The van der Waals surface area contributed by atoms with E-state index in [4.69, 9.17) is 23.8 Å². The van der Waals surface area contributed by atoms with Crippen molar-refractivity contribution in [3.63, 3.8) is 0 Å². The van der Waals surface area contributed by atoms with Gasteiger partial charge in [-0.1, -0.05) is 20.4 Å². The number of fused-ring (bicyclic) bond motifs is 1. The topological polar surface area (TPSA) is 161 Å². The van der Waals surface area contributed by atoms with Gasteiger partial charge < -0.3 is 23.8 Å². The van der Waals surface area contributed by atoms with E-state index in [1.54, 1.807) is 13.8 Å². The van der Waals surface area contributed by atoms with Gasteiger partial charge in [-0.25, -0.2) is 29.5 Å². The van der Waals surface area contributed by atoms with E-state index in [2.05, 4.69) is 17.0 Å². The third kappa shape index (κ3) is 5.64. The minimum atomic E-state index is -1.37. The first-order chi connectivity index (χ1) is 16.1. The Hall–Kier alpha value is -4.07. The Bertz CT molecular complexity index is 1100. The molecule has 0 bridgehead atoms. The number of halogens is 1. The fourth-order valence-corrected chi connectivity index (χ4v) is 2.94. The Kier molecular flexibility index (Phi) is 7.40. The van der Waals surface area contributed by atoms with Crippen LogP contribution in [0.5, 0.6) is 0 Å². The van der Waals surface area contributed by atoms with Crippen molar-refractivity contribution >= 4 is 29.7 Å². The average molecular weight is 481 g/mol. The van der Waals surface area contributed by atoms with Crippen LogP contribution < -0.4 is 11.2 Å². The SMILES string of the molecule is C=C(F)C(=O)OC[C@H]1O[C@@H](n2ccc(NOC(=O)C(C)C)nc2=O)[C@@H]2OC(=O)/C=C\C(=O)O[C@@H]21. The monoisotopic (exact) mass is 481 g/mol. The van der Waals surface area contributed by atoms with Crippen molar-refractivity contribution in [1.29, 1.82) is 0 Å². The van der Waals surface area contributed by atoms with Crippen LogP contribution in [-0.4, -0.2) is 58.3 Å². The fourth-order valence-electron chi connectivity index (χ4n) is 2.94. The van der Waals surface area contributed by atoms with Crippen LogP contribution in [-0.2, 0) is 43.0 Å². The van der Waals surface area contributed by atoms with Crippen LogP contribution in [0.1, 0.15) is 20.1 Å². The predicted octanol–water partition coefficient (Wildman–Crippen LogP) is 0.0866. The first-order valence-electron chi connectivity index (χ1n) is 9.89. The van der Waals surface area contributed by atoms with Crippen molar-refractivity contribution in [2.24, 2.45) is 5.92 Å². The number of hydrogen-bond acceptors (Lipinski definition) is 12. The number of nitrogens with one attached hydrogen (secondary N) is 1. The molecule has 0 aromatic carbocycles. The zero-order valence-corrected chi connectivity index (χ0v) is 18.0. The van der Waals surface area contributed by atoms with E-state index < -0.39 is 72.5 Å². The van der Waals surface area contributed by atoms with Gasteiger partial charge in [0.25, 0.3) is 0 Å². The Balaban J connectivity index is 1.86. The molecular formula is C20H20FN3O10. The zero-order valence-electron chi connectivity index (χ0n) is 18.0. The van der Waals surface area contributed by atoms with E-state index in [-0.39, 0.29) is 5.82 Å². The van der Waals surface area contributed by atoms with E-state index in [0.29, 0.717) is 0 Å². The summed E-state index contributed by atoms with van der Waals surface area (Å²) in [6, 6.07) is 1.27. The van der Waals surface area contributed by atoms with E-state index in [1.165, 1.54) is 12.3 Å². The van der Waals surface area contributed by atoms with E-state index in [0.717, 1.165) is 16.7 Å². The Morgan fingerprint density at radius 1 is 1.21 bits per heavy atom. The van der Waals surface area contributed by atoms with Crippen LogP contribution in [0.3, 0.4) is 0 Å². The van der Waals surface area contributed by atoms with Crippen LogP contribution in [0, 0.1) is 5.92 Å². The molecule has 0 saturated carbocycles. The third-order valence-electron chi connectivity index (χ3n) is 4.58. The Morgan fingerprint density at radius 2 is 1.85 bits per heavy atom. The van der Waals surface area contributed by atoms with Gasteiger partial charge in [0, 0.05) is 24.4 Å². The van der Waals surface area contributed by atoms with Gasteiger partial charge in [-0.3, -0.25) is 4.57 Å². The summed E-state index contributed by atoms with van der Waals surface area (Å²) in [5, 5.41) is 0. The number of rotatable bonds is 7. The normalized spacial score (nSPS) is 24.7. The van der Waals surface area contributed by atoms with Gasteiger partial charge in [0.15, 0.2) is 24.3 Å². The second kappa shape index (κ2) is 10.2. The van der Waals surface area contributed by atoms with Gasteiger partial charge in [-0.2, -0.15) is 9.37 Å². The van der Waals surface area contributed by atoms with E-state index in [9.17, 15) is 28.4 Å². The summed E-state index contributed by atoms with van der Waals surface area (Å²) < 4.78 is 34.8. The molecule has 34 heavy (non-hydrogen) atoms. The number of hydrogen-bond donors (Lipinski definition) is 1. The standard InChI is InChI=1S/C20H20FN3O10/c1-9(2)18(27)34-23-12-6-7-24(20(29)22-12)17-16-15(32-13(25)4-5-14(26)33-16)11(31-17)8-30-19(28)10(3)21/h4-7,9,11,15-17H,3,8H2,1-2H3,(H,22,23,29)/b5-4-/t11-,15-,16-,17-/m1/s1. The summed E-state index contributed by atoms with van der Waals surface area (Å²) in [6.45, 7) is 5.42. The highest BCUT2D eigenvalue weighted by molar-refractivity contribution is 5.92. The van der Waals surface area contributed by atoms with Gasteiger partial charge in [-0.05, 0) is 0 Å². The first kappa shape index (κ1) is 24.6. The van der Waals surface area contributed by atoms with Crippen LogP contribution in [0.2, 0.25) is 0 Å². The summed E-state index contributed by atoms with van der Waals surface area (Å²) in [6.07, 6.45) is -2.42. The molecule has 3 rings (SSSR count). The van der Waals surface area contributed by atoms with Crippen LogP contribution in [0.25, 0.3) is 0 Å². The van der Waals surface area contributed by atoms with Crippen molar-refractivity contribution < 1.29 is 47.4 Å². The number of carbonyl (C=O) groups excluding carboxylic acids is 4. The lowest BCUT2D eigenvalue weighted by molar-refractivity contribution is -0.165. The molecule has 0 amide bonds. The molecular weight excluding hydrogens is 461 g/mol. The molecule has 1 aromatic heterocycles. The van der Waals surface area contributed by atoms with Crippen LogP contribution in [0.15, 0.2) is 41.6 Å². The number of nitrogens with zero attached hydrogens (tertiary/aromatic N) is 2. The number of anilines is 1. The summed E-state index contributed by atoms with van der Waals surface area (Å²) in [5.41, 5.74) is 1.33. The molecule has 3 heterocycles. The third-order valence-corrected chi connectivity index (χ3v) is 4.58. The molecule has 1 saturated heterocycles. The molecule has 0 radical (unpaired) electrons. The van der Waals surface area contributed by atoms with Gasteiger partial charge in [-0.15, -0.1) is 0 Å². The molecule has 2 aliphatic rings. The first-order valence-corrected chi connectivity index (χ1v) is 9.89. The Labute approximate surface area is 191 Å². The fraction of sp³-hybridized carbons (Fsp3) is 0.400. The lowest BCUT2D eigenvalue weighted by Crippen LogP contribution is -2.43.